The highest BCUT2D eigenvalue weighted by molar-refractivity contribution is 8.18. The van der Waals surface area contributed by atoms with Crippen molar-refractivity contribution in [2.75, 3.05) is 6.61 Å². The van der Waals surface area contributed by atoms with Crippen LogP contribution in [0.25, 0.3) is 17.4 Å². The number of furan rings is 1. The van der Waals surface area contributed by atoms with Gasteiger partial charge in [-0.1, -0.05) is 41.6 Å². The number of rotatable bonds is 6. The Hall–Kier alpha value is -3.82. The van der Waals surface area contributed by atoms with Crippen molar-refractivity contribution in [3.8, 4) is 11.3 Å². The Bertz CT molecular complexity index is 1360. The van der Waals surface area contributed by atoms with Gasteiger partial charge in [0.15, 0.2) is 0 Å². The lowest BCUT2D eigenvalue weighted by Gasteiger charge is -2.03. The number of para-hydroxylation sites is 1. The highest BCUT2D eigenvalue weighted by atomic mass is 35.5. The topological polar surface area (TPSA) is 115 Å². The molecule has 0 unspecified atom stereocenters. The van der Waals surface area contributed by atoms with Crippen LogP contribution in [0.5, 0.6) is 0 Å². The normalized spacial score (nSPS) is 15.8. The molecule has 10 heteroatoms. The van der Waals surface area contributed by atoms with Crippen LogP contribution in [-0.2, 0) is 9.53 Å². The largest absolute Gasteiger partial charge is 0.506 e. The zero-order chi connectivity index (χ0) is 24.2. The second kappa shape index (κ2) is 9.98. The van der Waals surface area contributed by atoms with Gasteiger partial charge in [-0.3, -0.25) is 10.1 Å². The minimum Gasteiger partial charge on any atom is -0.506 e. The van der Waals surface area contributed by atoms with Crippen LogP contribution in [0.15, 0.2) is 86.3 Å². The van der Waals surface area contributed by atoms with Gasteiger partial charge in [0, 0.05) is 17.7 Å². The van der Waals surface area contributed by atoms with Gasteiger partial charge < -0.3 is 14.3 Å². The van der Waals surface area contributed by atoms with E-state index < -0.39 is 10.9 Å². The molecule has 2 heterocycles. The van der Waals surface area contributed by atoms with Crippen molar-refractivity contribution in [1.82, 2.24) is 0 Å². The number of aliphatic hydroxyl groups is 1. The molecule has 0 amide bonds. The first-order chi connectivity index (χ1) is 16.4. The predicted molar refractivity (Wildman–Crippen MR) is 131 cm³/mol. The number of nitrogens with zero attached hydrogens (tertiary/aromatic N) is 2. The molecule has 0 spiro atoms. The number of nitro benzene ring substituents is 1. The molecule has 34 heavy (non-hydrogen) atoms. The van der Waals surface area contributed by atoms with Crippen molar-refractivity contribution < 1.29 is 24.0 Å². The summed E-state index contributed by atoms with van der Waals surface area (Å²) in [6.07, 6.45) is 1.57. The van der Waals surface area contributed by atoms with Crippen LogP contribution in [0.3, 0.4) is 0 Å². The molecule has 0 radical (unpaired) electrons. The summed E-state index contributed by atoms with van der Waals surface area (Å²) in [4.78, 5) is 27.8. The van der Waals surface area contributed by atoms with E-state index in [-0.39, 0.29) is 28.6 Å². The zero-order valence-corrected chi connectivity index (χ0v) is 19.3. The summed E-state index contributed by atoms with van der Waals surface area (Å²) in [6.45, 7) is 1.82. The van der Waals surface area contributed by atoms with E-state index in [9.17, 15) is 20.0 Å². The van der Waals surface area contributed by atoms with E-state index >= 15 is 0 Å². The first kappa shape index (κ1) is 23.3. The van der Waals surface area contributed by atoms with Gasteiger partial charge in [-0.15, -0.1) is 0 Å². The average Bonchev–Trinajstić information content (AvgIpc) is 3.39. The smallest absolute Gasteiger partial charge is 0.344 e. The number of benzene rings is 2. The minimum atomic E-state index is -0.677. The second-order valence-corrected chi connectivity index (χ2v) is 8.37. The Labute approximate surface area is 203 Å². The molecule has 1 aliphatic heterocycles. The molecule has 0 bridgehead atoms. The number of carbonyl (C=O) groups excluding carboxylic acids is 1. The Morgan fingerprint density at radius 1 is 1.24 bits per heavy atom. The number of thioether (sulfide) groups is 1. The number of halogens is 1. The highest BCUT2D eigenvalue weighted by Gasteiger charge is 2.33. The molecule has 1 N–H and O–H groups in total. The Morgan fingerprint density at radius 2 is 2.00 bits per heavy atom. The van der Waals surface area contributed by atoms with Crippen LogP contribution in [0, 0.1) is 10.1 Å². The molecule has 1 aromatic heterocycles. The number of nitro groups is 1. The Balaban J connectivity index is 1.68. The maximum Gasteiger partial charge on any atom is 0.344 e. The number of hydrogen-bond acceptors (Lipinski definition) is 8. The van der Waals surface area contributed by atoms with Gasteiger partial charge in [-0.25, -0.2) is 9.79 Å². The fourth-order valence-corrected chi connectivity index (χ4v) is 4.42. The summed E-state index contributed by atoms with van der Waals surface area (Å²) in [5.74, 6) is -0.169. The number of esters is 1. The molecule has 1 aliphatic rings. The molecule has 0 aliphatic carbocycles. The quantitative estimate of drug-likeness (QED) is 0.229. The van der Waals surface area contributed by atoms with Crippen molar-refractivity contribution >= 4 is 51.8 Å². The highest BCUT2D eigenvalue weighted by Crippen LogP contribution is 2.41. The average molecular weight is 497 g/mol. The van der Waals surface area contributed by atoms with Crippen LogP contribution >= 0.6 is 23.4 Å². The summed E-state index contributed by atoms with van der Waals surface area (Å²) < 4.78 is 10.9. The number of ether oxygens (including phenoxy) is 1. The van der Waals surface area contributed by atoms with E-state index in [4.69, 9.17) is 20.8 Å². The van der Waals surface area contributed by atoms with Crippen LogP contribution < -0.4 is 0 Å². The molecule has 0 saturated carbocycles. The van der Waals surface area contributed by atoms with E-state index in [2.05, 4.69) is 4.99 Å². The molecule has 4 rings (SSSR count). The maximum atomic E-state index is 12.5. The van der Waals surface area contributed by atoms with E-state index in [1.165, 1.54) is 18.2 Å². The zero-order valence-electron chi connectivity index (χ0n) is 17.7. The fraction of sp³-hybridized carbons (Fsp3) is 0.0833. The summed E-state index contributed by atoms with van der Waals surface area (Å²) in [5, 5.41) is 22.2. The number of hydrogen-bond donors (Lipinski definition) is 1. The van der Waals surface area contributed by atoms with E-state index in [1.807, 2.05) is 18.2 Å². The van der Waals surface area contributed by atoms with Crippen molar-refractivity contribution in [3.63, 3.8) is 0 Å². The van der Waals surface area contributed by atoms with E-state index in [0.717, 1.165) is 11.8 Å². The van der Waals surface area contributed by atoms with Crippen molar-refractivity contribution in [1.29, 1.82) is 0 Å². The SMILES string of the molecule is CCOC(=O)C1=C(O)/C(=C/c2ccc(-c3ccc([N+](=O)[O-])cc3Cl)o2)SC1=Nc1ccccc1. The van der Waals surface area contributed by atoms with E-state index in [0.29, 0.717) is 32.7 Å². The molecule has 2 aromatic carbocycles. The number of aliphatic imine (C=N–C) groups is 1. The van der Waals surface area contributed by atoms with Gasteiger partial charge >= 0.3 is 5.97 Å². The van der Waals surface area contributed by atoms with Gasteiger partial charge in [0.2, 0.25) is 0 Å². The fourth-order valence-electron chi connectivity index (χ4n) is 3.13. The summed E-state index contributed by atoms with van der Waals surface area (Å²) in [5.41, 5.74) is 0.951. The maximum absolute atomic E-state index is 12.5. The van der Waals surface area contributed by atoms with Gasteiger partial charge in [0.1, 0.15) is 27.9 Å². The number of carbonyl (C=O) groups is 1. The lowest BCUT2D eigenvalue weighted by Crippen LogP contribution is -2.12. The van der Waals surface area contributed by atoms with Gasteiger partial charge in [0.05, 0.1) is 27.1 Å². The standard InChI is InChI=1S/C24H17ClN2O6S/c1-2-32-24(29)21-22(28)20(34-23(21)26-14-6-4-3-5-7-14)13-16-9-11-19(33-16)17-10-8-15(27(30)31)12-18(17)25/h3-13,28H,2H2,1H3/b20-13-,26-23?. The van der Waals surface area contributed by atoms with Crippen LogP contribution in [0.1, 0.15) is 12.7 Å². The van der Waals surface area contributed by atoms with Gasteiger partial charge in [-0.05, 0) is 43.3 Å². The lowest BCUT2D eigenvalue weighted by atomic mass is 10.1. The minimum absolute atomic E-state index is 0.0212. The van der Waals surface area contributed by atoms with Gasteiger partial charge in [0.25, 0.3) is 5.69 Å². The Kier molecular flexibility index (Phi) is 6.85. The van der Waals surface area contributed by atoms with Gasteiger partial charge in [-0.2, -0.15) is 0 Å². The molecule has 172 valence electrons. The third kappa shape index (κ3) is 4.90. The lowest BCUT2D eigenvalue weighted by molar-refractivity contribution is -0.384. The van der Waals surface area contributed by atoms with Crippen molar-refractivity contribution in [2.24, 2.45) is 4.99 Å². The van der Waals surface area contributed by atoms with Crippen molar-refractivity contribution in [3.05, 3.63) is 97.8 Å². The summed E-state index contributed by atoms with van der Waals surface area (Å²) in [6, 6.07) is 16.4. The Morgan fingerprint density at radius 3 is 2.68 bits per heavy atom. The molecule has 0 fully saturated rings. The number of aliphatic hydroxyl groups excluding tert-OH is 1. The summed E-state index contributed by atoms with van der Waals surface area (Å²) in [7, 11) is 0. The molecule has 8 nitrogen and oxygen atoms in total. The molecule has 0 saturated heterocycles. The van der Waals surface area contributed by atoms with Crippen LogP contribution in [0.2, 0.25) is 5.02 Å². The second-order valence-electron chi connectivity index (χ2n) is 6.93. The van der Waals surface area contributed by atoms with Crippen LogP contribution in [-0.4, -0.2) is 27.6 Å². The van der Waals surface area contributed by atoms with Crippen molar-refractivity contribution in [2.45, 2.75) is 6.92 Å². The third-order valence-electron chi connectivity index (χ3n) is 4.69. The predicted octanol–water partition coefficient (Wildman–Crippen LogP) is 6.70. The van der Waals surface area contributed by atoms with E-state index in [1.54, 1.807) is 37.3 Å². The molecule has 3 aromatic rings. The van der Waals surface area contributed by atoms with Crippen LogP contribution in [0.4, 0.5) is 11.4 Å². The monoisotopic (exact) mass is 496 g/mol. The summed E-state index contributed by atoms with van der Waals surface area (Å²) >= 11 is 7.30. The molecular formula is C24H17ClN2O6S. The first-order valence-electron chi connectivity index (χ1n) is 10.1. The number of non-ortho nitro benzene ring substituents is 1. The molecular weight excluding hydrogens is 480 g/mol. The first-order valence-corrected chi connectivity index (χ1v) is 11.3. The molecule has 0 atom stereocenters. The third-order valence-corrected chi connectivity index (χ3v) is 6.02.